The number of hydrogen-bond donors (Lipinski definition) is 0. The first-order valence-corrected chi connectivity index (χ1v) is 4.91. The lowest BCUT2D eigenvalue weighted by atomic mass is 10.1. The highest BCUT2D eigenvalue weighted by Gasteiger charge is 2.13. The van der Waals surface area contributed by atoms with E-state index in [0.717, 1.165) is 10.8 Å². The average molecular weight is 216 g/mol. The van der Waals surface area contributed by atoms with E-state index in [4.69, 9.17) is 9.47 Å². The normalized spacial score (nSPS) is 10.1. The highest BCUT2D eigenvalue weighted by molar-refractivity contribution is 5.98. The molecule has 82 valence electrons. The van der Waals surface area contributed by atoms with Gasteiger partial charge in [0.2, 0.25) is 0 Å². The zero-order chi connectivity index (χ0) is 11.5. The van der Waals surface area contributed by atoms with Crippen molar-refractivity contribution in [1.82, 2.24) is 0 Å². The Hall–Kier alpha value is -2.03. The standard InChI is InChI=1S/C13H12O3/c1-15-12-8-10-6-4-3-5-9(10)7-11(12)13(14)16-2/h3-8H,1-2H3. The summed E-state index contributed by atoms with van der Waals surface area (Å²) in [4.78, 5) is 11.5. The van der Waals surface area contributed by atoms with Gasteiger partial charge in [0.25, 0.3) is 0 Å². The van der Waals surface area contributed by atoms with E-state index in [-0.39, 0.29) is 5.97 Å². The smallest absolute Gasteiger partial charge is 0.341 e. The van der Waals surface area contributed by atoms with Crippen LogP contribution in [0.15, 0.2) is 36.4 Å². The van der Waals surface area contributed by atoms with Crippen molar-refractivity contribution in [2.24, 2.45) is 0 Å². The Morgan fingerprint density at radius 3 is 2.25 bits per heavy atom. The molecule has 0 N–H and O–H groups in total. The lowest BCUT2D eigenvalue weighted by molar-refractivity contribution is 0.0597. The number of fused-ring (bicyclic) bond motifs is 1. The first kappa shape index (κ1) is 10.5. The van der Waals surface area contributed by atoms with Crippen LogP contribution in [-0.4, -0.2) is 20.2 Å². The maximum absolute atomic E-state index is 11.5. The summed E-state index contributed by atoms with van der Waals surface area (Å²) in [5.41, 5.74) is 0.448. The maximum atomic E-state index is 11.5. The van der Waals surface area contributed by atoms with Crippen LogP contribution in [0.25, 0.3) is 10.8 Å². The Labute approximate surface area is 93.6 Å². The SMILES string of the molecule is COC(=O)c1cc2ccccc2cc1OC. The number of esters is 1. The second-order valence-electron chi connectivity index (χ2n) is 3.39. The van der Waals surface area contributed by atoms with Crippen LogP contribution in [0, 0.1) is 0 Å². The monoisotopic (exact) mass is 216 g/mol. The van der Waals surface area contributed by atoms with Crippen molar-refractivity contribution in [3.8, 4) is 5.75 Å². The molecule has 0 heterocycles. The zero-order valence-electron chi connectivity index (χ0n) is 9.19. The van der Waals surface area contributed by atoms with Crippen molar-refractivity contribution in [2.75, 3.05) is 14.2 Å². The molecule has 2 rings (SSSR count). The molecule has 0 spiro atoms. The van der Waals surface area contributed by atoms with Crippen molar-refractivity contribution in [3.05, 3.63) is 42.0 Å². The highest BCUT2D eigenvalue weighted by atomic mass is 16.5. The molecule has 2 aromatic carbocycles. The number of carbonyl (C=O) groups excluding carboxylic acids is 1. The Kier molecular flexibility index (Phi) is 2.77. The van der Waals surface area contributed by atoms with E-state index < -0.39 is 0 Å². The number of benzene rings is 2. The molecule has 16 heavy (non-hydrogen) atoms. The van der Waals surface area contributed by atoms with Gasteiger partial charge in [0, 0.05) is 0 Å². The molecule has 0 unspecified atom stereocenters. The van der Waals surface area contributed by atoms with Crippen molar-refractivity contribution in [1.29, 1.82) is 0 Å². The van der Waals surface area contributed by atoms with Gasteiger partial charge >= 0.3 is 5.97 Å². The summed E-state index contributed by atoms with van der Waals surface area (Å²) in [5, 5.41) is 2.02. The number of ether oxygens (including phenoxy) is 2. The van der Waals surface area contributed by atoms with Crippen molar-refractivity contribution in [3.63, 3.8) is 0 Å². The minimum absolute atomic E-state index is 0.386. The van der Waals surface area contributed by atoms with E-state index in [1.165, 1.54) is 14.2 Å². The van der Waals surface area contributed by atoms with Gasteiger partial charge in [0.1, 0.15) is 11.3 Å². The molecule has 3 nitrogen and oxygen atoms in total. The summed E-state index contributed by atoms with van der Waals surface area (Å²) in [6.45, 7) is 0. The Bertz CT molecular complexity index is 532. The van der Waals surface area contributed by atoms with Gasteiger partial charge in [-0.1, -0.05) is 24.3 Å². The zero-order valence-corrected chi connectivity index (χ0v) is 9.19. The molecule has 0 fully saturated rings. The third kappa shape index (κ3) is 1.72. The fourth-order valence-corrected chi connectivity index (χ4v) is 1.66. The lowest BCUT2D eigenvalue weighted by Gasteiger charge is -2.08. The van der Waals surface area contributed by atoms with Crippen LogP contribution in [-0.2, 0) is 4.74 Å². The summed E-state index contributed by atoms with van der Waals surface area (Å²) in [5.74, 6) is 0.146. The van der Waals surface area contributed by atoms with E-state index in [1.807, 2.05) is 30.3 Å². The van der Waals surface area contributed by atoms with Crippen LogP contribution in [0.2, 0.25) is 0 Å². The molecule has 0 aliphatic heterocycles. The Morgan fingerprint density at radius 1 is 1.06 bits per heavy atom. The first-order chi connectivity index (χ1) is 7.76. The van der Waals surface area contributed by atoms with Gasteiger partial charge in [-0.2, -0.15) is 0 Å². The number of hydrogen-bond acceptors (Lipinski definition) is 3. The Balaban J connectivity index is 2.67. The van der Waals surface area contributed by atoms with Crippen molar-refractivity contribution < 1.29 is 14.3 Å². The molecule has 0 bridgehead atoms. The van der Waals surface area contributed by atoms with Crippen molar-refractivity contribution in [2.45, 2.75) is 0 Å². The maximum Gasteiger partial charge on any atom is 0.341 e. The molecule has 0 aliphatic carbocycles. The third-order valence-corrected chi connectivity index (χ3v) is 2.47. The number of methoxy groups -OCH3 is 2. The van der Waals surface area contributed by atoms with E-state index >= 15 is 0 Å². The molecule has 2 aromatic rings. The first-order valence-electron chi connectivity index (χ1n) is 4.91. The second kappa shape index (κ2) is 4.23. The molecular weight excluding hydrogens is 204 g/mol. The van der Waals surface area contributed by atoms with Gasteiger partial charge in [0.15, 0.2) is 0 Å². The van der Waals surface area contributed by atoms with E-state index in [2.05, 4.69) is 0 Å². The summed E-state index contributed by atoms with van der Waals surface area (Å²) >= 11 is 0. The summed E-state index contributed by atoms with van der Waals surface area (Å²) in [6, 6.07) is 11.4. The highest BCUT2D eigenvalue weighted by Crippen LogP contribution is 2.26. The molecule has 0 radical (unpaired) electrons. The van der Waals surface area contributed by atoms with Gasteiger partial charge in [-0.05, 0) is 22.9 Å². The topological polar surface area (TPSA) is 35.5 Å². The molecule has 0 amide bonds. The molecule has 0 atom stereocenters. The Morgan fingerprint density at radius 2 is 1.69 bits per heavy atom. The van der Waals surface area contributed by atoms with E-state index in [0.29, 0.717) is 11.3 Å². The van der Waals surface area contributed by atoms with Gasteiger partial charge in [0.05, 0.1) is 14.2 Å². The lowest BCUT2D eigenvalue weighted by Crippen LogP contribution is -2.03. The minimum Gasteiger partial charge on any atom is -0.496 e. The predicted octanol–water partition coefficient (Wildman–Crippen LogP) is 2.64. The fourth-order valence-electron chi connectivity index (χ4n) is 1.66. The average Bonchev–Trinajstić information content (AvgIpc) is 2.36. The van der Waals surface area contributed by atoms with E-state index in [9.17, 15) is 4.79 Å². The van der Waals surface area contributed by atoms with E-state index in [1.54, 1.807) is 6.07 Å². The molecular formula is C13H12O3. The summed E-state index contributed by atoms with van der Waals surface area (Å²) in [7, 11) is 2.90. The van der Waals surface area contributed by atoms with Crippen LogP contribution in [0.1, 0.15) is 10.4 Å². The van der Waals surface area contributed by atoms with Gasteiger partial charge in [-0.3, -0.25) is 0 Å². The molecule has 0 aromatic heterocycles. The predicted molar refractivity (Wildman–Crippen MR) is 61.8 cm³/mol. The number of carbonyl (C=O) groups is 1. The third-order valence-electron chi connectivity index (χ3n) is 2.47. The summed E-state index contributed by atoms with van der Waals surface area (Å²) < 4.78 is 9.88. The van der Waals surface area contributed by atoms with Gasteiger partial charge in [-0.15, -0.1) is 0 Å². The fraction of sp³-hybridized carbons (Fsp3) is 0.154. The van der Waals surface area contributed by atoms with Crippen LogP contribution < -0.4 is 4.74 Å². The van der Waals surface area contributed by atoms with Crippen LogP contribution in [0.4, 0.5) is 0 Å². The van der Waals surface area contributed by atoms with Crippen LogP contribution in [0.3, 0.4) is 0 Å². The molecule has 0 aliphatic rings. The molecule has 3 heteroatoms. The van der Waals surface area contributed by atoms with Crippen LogP contribution in [0.5, 0.6) is 5.75 Å². The largest absolute Gasteiger partial charge is 0.496 e. The minimum atomic E-state index is -0.386. The number of rotatable bonds is 2. The molecule has 0 saturated heterocycles. The van der Waals surface area contributed by atoms with Gasteiger partial charge < -0.3 is 9.47 Å². The van der Waals surface area contributed by atoms with Gasteiger partial charge in [-0.25, -0.2) is 4.79 Å². The van der Waals surface area contributed by atoms with Crippen LogP contribution >= 0.6 is 0 Å². The molecule has 0 saturated carbocycles. The second-order valence-corrected chi connectivity index (χ2v) is 3.39. The quantitative estimate of drug-likeness (QED) is 0.724. The summed E-state index contributed by atoms with van der Waals surface area (Å²) in [6.07, 6.45) is 0. The van der Waals surface area contributed by atoms with Crippen molar-refractivity contribution >= 4 is 16.7 Å².